The molecule has 17 nitrogen and oxygen atoms in total. The minimum Gasteiger partial charge on any atom is -0.444 e. The van der Waals surface area contributed by atoms with Gasteiger partial charge in [-0.2, -0.15) is 0 Å². The minimum atomic E-state index is -1.03. The number of rotatable bonds is 21. The van der Waals surface area contributed by atoms with E-state index in [1.165, 1.54) is 28.4 Å². The SMILES string of the molecule is CCC[C@H](CC(=O)[C@@H]1CN(C(=O)OC(C)(C)C)C[C@@H]1NC(=O)C(CC(=O)[C@@H](NC(=O)c1cnccn1)C1CCCCC1)C(C)(C)C)C(=O)C(=O)CCC(=O)N[C@H](C(=O)N(C)C)c1ccccc1. The van der Waals surface area contributed by atoms with E-state index in [2.05, 4.69) is 25.9 Å². The van der Waals surface area contributed by atoms with Crippen LogP contribution in [0.1, 0.15) is 141 Å². The molecule has 1 aromatic carbocycles. The molecule has 2 aliphatic rings. The zero-order valence-corrected chi connectivity index (χ0v) is 40.7. The predicted molar refractivity (Wildman–Crippen MR) is 249 cm³/mol. The third kappa shape index (κ3) is 15.9. The molecule has 0 radical (unpaired) electrons. The van der Waals surface area contributed by atoms with Crippen LogP contribution in [0.15, 0.2) is 48.9 Å². The Kier molecular flexibility index (Phi) is 19.4. The number of hydrogen-bond donors (Lipinski definition) is 3. The van der Waals surface area contributed by atoms with E-state index in [1.807, 2.05) is 27.7 Å². The fourth-order valence-electron chi connectivity index (χ4n) is 8.79. The summed E-state index contributed by atoms with van der Waals surface area (Å²) in [4.78, 5) is 134. The summed E-state index contributed by atoms with van der Waals surface area (Å²) in [6, 6.07) is 5.84. The molecule has 67 heavy (non-hydrogen) atoms. The second-order valence-corrected chi connectivity index (χ2v) is 20.2. The van der Waals surface area contributed by atoms with Crippen LogP contribution in [0, 0.1) is 29.1 Å². The van der Waals surface area contributed by atoms with Gasteiger partial charge in [0.25, 0.3) is 5.91 Å². The zero-order chi connectivity index (χ0) is 49.6. The molecule has 2 fully saturated rings. The molecule has 3 N–H and O–H groups in total. The number of nitrogens with zero attached hydrogens (tertiary/aromatic N) is 4. The lowest BCUT2D eigenvalue weighted by atomic mass is 9.74. The molecule has 1 unspecified atom stereocenters. The summed E-state index contributed by atoms with van der Waals surface area (Å²) < 4.78 is 5.64. The molecule has 17 heteroatoms. The third-order valence-electron chi connectivity index (χ3n) is 12.5. The van der Waals surface area contributed by atoms with Gasteiger partial charge in [-0.05, 0) is 56.9 Å². The Morgan fingerprint density at radius 3 is 2.10 bits per heavy atom. The number of amides is 5. The number of nitrogens with one attached hydrogen (secondary N) is 3. The molecule has 1 aliphatic carbocycles. The molecule has 2 heterocycles. The van der Waals surface area contributed by atoms with Crippen LogP contribution < -0.4 is 16.0 Å². The van der Waals surface area contributed by atoms with Gasteiger partial charge in [0.2, 0.25) is 23.5 Å². The summed E-state index contributed by atoms with van der Waals surface area (Å²) in [5.41, 5.74) is -1.02. The van der Waals surface area contributed by atoms with Crippen LogP contribution >= 0.6 is 0 Å². The third-order valence-corrected chi connectivity index (χ3v) is 12.5. The average molecular weight is 930 g/mol. The van der Waals surface area contributed by atoms with Gasteiger partial charge in [-0.25, -0.2) is 9.78 Å². The minimum absolute atomic E-state index is 0.0643. The summed E-state index contributed by atoms with van der Waals surface area (Å²) in [6.45, 7) is 12.2. The molecule has 5 amide bonds. The van der Waals surface area contributed by atoms with Crippen LogP contribution in [0.4, 0.5) is 4.79 Å². The number of Topliss-reactive ketones (excluding diaryl/α,β-unsaturated/α-hetero) is 4. The van der Waals surface area contributed by atoms with Crippen LogP contribution in [-0.2, 0) is 38.3 Å². The van der Waals surface area contributed by atoms with E-state index in [0.29, 0.717) is 12.0 Å². The van der Waals surface area contributed by atoms with E-state index >= 15 is 0 Å². The van der Waals surface area contributed by atoms with E-state index < -0.39 is 94.5 Å². The number of carbonyl (C=O) groups is 9. The number of likely N-dealkylation sites (N-methyl/N-ethyl adjacent to an activating group) is 1. The first-order chi connectivity index (χ1) is 31.5. The Labute approximate surface area is 394 Å². The maximum atomic E-state index is 14.5. The van der Waals surface area contributed by atoms with Gasteiger partial charge in [-0.15, -0.1) is 0 Å². The fourth-order valence-corrected chi connectivity index (χ4v) is 8.79. The average Bonchev–Trinajstić information content (AvgIpc) is 3.71. The van der Waals surface area contributed by atoms with E-state index in [0.717, 1.165) is 32.1 Å². The molecule has 1 aromatic heterocycles. The molecular weight excluding hydrogens is 859 g/mol. The second kappa shape index (κ2) is 24.2. The van der Waals surface area contributed by atoms with Crippen LogP contribution in [0.25, 0.3) is 0 Å². The van der Waals surface area contributed by atoms with E-state index in [-0.39, 0.29) is 62.1 Å². The van der Waals surface area contributed by atoms with E-state index in [1.54, 1.807) is 65.2 Å². The van der Waals surface area contributed by atoms with Crippen molar-refractivity contribution in [3.63, 3.8) is 0 Å². The van der Waals surface area contributed by atoms with Gasteiger partial charge in [-0.3, -0.25) is 43.3 Å². The van der Waals surface area contributed by atoms with Crippen molar-refractivity contribution in [3.05, 3.63) is 60.2 Å². The smallest absolute Gasteiger partial charge is 0.410 e. The van der Waals surface area contributed by atoms with Crippen LogP contribution in [0.3, 0.4) is 0 Å². The van der Waals surface area contributed by atoms with Crippen molar-refractivity contribution in [3.8, 4) is 0 Å². The highest BCUT2D eigenvalue weighted by Crippen LogP contribution is 2.34. The Bertz CT molecular complexity index is 2080. The fraction of sp³-hybridized carbons (Fsp3) is 0.620. The van der Waals surface area contributed by atoms with Crippen LogP contribution in [0.5, 0.6) is 0 Å². The normalized spacial score (nSPS) is 18.4. The number of aromatic nitrogens is 2. The van der Waals surface area contributed by atoms with Crippen molar-refractivity contribution in [1.29, 1.82) is 0 Å². The maximum Gasteiger partial charge on any atom is 0.410 e. The molecule has 1 saturated heterocycles. The Hall–Kier alpha value is -5.87. The highest BCUT2D eigenvalue weighted by molar-refractivity contribution is 6.38. The molecular formula is C50H71N7O10. The van der Waals surface area contributed by atoms with Gasteiger partial charge in [0.1, 0.15) is 23.1 Å². The van der Waals surface area contributed by atoms with Gasteiger partial charge in [0, 0.05) is 77.1 Å². The number of carbonyl (C=O) groups excluding carboxylic acids is 9. The molecule has 1 saturated carbocycles. The maximum absolute atomic E-state index is 14.5. The van der Waals surface area contributed by atoms with E-state index in [9.17, 15) is 43.2 Å². The Morgan fingerprint density at radius 2 is 1.52 bits per heavy atom. The van der Waals surface area contributed by atoms with Crippen molar-refractivity contribution in [1.82, 2.24) is 35.7 Å². The largest absolute Gasteiger partial charge is 0.444 e. The lowest BCUT2D eigenvalue weighted by molar-refractivity contribution is -0.141. The first-order valence-corrected chi connectivity index (χ1v) is 23.5. The second-order valence-electron chi connectivity index (χ2n) is 20.2. The molecule has 4 rings (SSSR count). The van der Waals surface area contributed by atoms with Crippen molar-refractivity contribution < 1.29 is 47.9 Å². The van der Waals surface area contributed by atoms with Gasteiger partial charge < -0.3 is 30.5 Å². The summed E-state index contributed by atoms with van der Waals surface area (Å²) in [6.07, 6.45) is 7.01. The quantitative estimate of drug-likeness (QED) is 0.134. The topological polar surface area (TPSA) is 231 Å². The molecule has 2 aromatic rings. The van der Waals surface area contributed by atoms with Crippen molar-refractivity contribution in [2.45, 2.75) is 143 Å². The van der Waals surface area contributed by atoms with Crippen molar-refractivity contribution >= 4 is 52.9 Å². The van der Waals surface area contributed by atoms with Gasteiger partial charge in [0.05, 0.1) is 24.2 Å². The highest BCUT2D eigenvalue weighted by atomic mass is 16.6. The summed E-state index contributed by atoms with van der Waals surface area (Å²) in [7, 11) is 3.12. The number of hydrogen-bond acceptors (Lipinski definition) is 12. The predicted octanol–water partition coefficient (Wildman–Crippen LogP) is 5.37. The Morgan fingerprint density at radius 1 is 0.851 bits per heavy atom. The molecule has 0 bridgehead atoms. The first kappa shape index (κ1) is 53.7. The highest BCUT2D eigenvalue weighted by Gasteiger charge is 2.45. The Balaban J connectivity index is 1.51. The number of benzene rings is 1. The summed E-state index contributed by atoms with van der Waals surface area (Å²) in [5, 5.41) is 8.57. The van der Waals surface area contributed by atoms with Gasteiger partial charge in [-0.1, -0.05) is 83.7 Å². The molecule has 366 valence electrons. The van der Waals surface area contributed by atoms with Crippen LogP contribution in [-0.4, -0.2) is 117 Å². The van der Waals surface area contributed by atoms with Gasteiger partial charge >= 0.3 is 6.09 Å². The van der Waals surface area contributed by atoms with Crippen LogP contribution in [0.2, 0.25) is 0 Å². The summed E-state index contributed by atoms with van der Waals surface area (Å²) in [5.74, 6) is -7.52. The van der Waals surface area contributed by atoms with Crippen molar-refractivity contribution in [2.24, 2.45) is 29.1 Å². The standard InChI is InChI=1S/C50H71N7O10/c1-10-17-33(44(62)38(58)22-23-41(61)54-43(47(65)56(8)9)32-20-15-12-16-21-32)26-39(59)34-29-57(48(66)67-50(5,6)7)30-37(34)53-45(63)35(49(2,3)4)27-40(60)42(31-18-13-11-14-19-31)55-46(64)36-28-51-24-25-52-36/h12,15-16,20-21,24-25,28,31,33-35,37,42-43H,10-11,13-14,17-19,22-23,26-27,29-30H2,1-9H3,(H,53,63)(H,54,61)(H,55,64)/t33-,34-,35?,37+,42+,43+/m1/s1. The molecule has 1 aliphatic heterocycles. The molecule has 6 atom stereocenters. The number of ether oxygens (including phenoxy) is 1. The molecule has 0 spiro atoms. The lowest BCUT2D eigenvalue weighted by Gasteiger charge is -2.34. The zero-order valence-electron chi connectivity index (χ0n) is 40.7. The monoisotopic (exact) mass is 930 g/mol. The van der Waals surface area contributed by atoms with Crippen molar-refractivity contribution in [2.75, 3.05) is 27.2 Å². The first-order valence-electron chi connectivity index (χ1n) is 23.5. The number of likely N-dealkylation sites (tertiary alicyclic amines) is 1. The number of ketones is 4. The summed E-state index contributed by atoms with van der Waals surface area (Å²) >= 11 is 0. The lowest BCUT2D eigenvalue weighted by Crippen LogP contribution is -2.51. The van der Waals surface area contributed by atoms with Gasteiger partial charge in [0.15, 0.2) is 11.6 Å². The van der Waals surface area contributed by atoms with E-state index in [4.69, 9.17) is 4.74 Å².